The van der Waals surface area contributed by atoms with Crippen LogP contribution in [0.3, 0.4) is 0 Å². The summed E-state index contributed by atoms with van der Waals surface area (Å²) in [7, 11) is 0. The number of benzene rings is 3. The Kier molecular flexibility index (Phi) is 7.53. The van der Waals surface area contributed by atoms with Crippen LogP contribution in [0.25, 0.3) is 11.8 Å². The van der Waals surface area contributed by atoms with E-state index in [1.165, 1.54) is 24.3 Å². The first-order valence-electron chi connectivity index (χ1n) is 11.2. The van der Waals surface area contributed by atoms with Gasteiger partial charge in [-0.05, 0) is 85.6 Å². The third-order valence-electron chi connectivity index (χ3n) is 5.67. The Labute approximate surface area is 214 Å². The summed E-state index contributed by atoms with van der Waals surface area (Å²) in [4.78, 5) is 12.6. The van der Waals surface area contributed by atoms with Crippen molar-refractivity contribution in [1.29, 1.82) is 5.26 Å². The third-order valence-corrected chi connectivity index (χ3v) is 5.92. The standard InChI is InChI=1S/C29H23ClFN3O2/c1-19-15-22(16-23(17-32)29(35)33-28-6-4-3-5-27(28)31)20(2)34(19)25-11-13-26(14-12-25)36-18-21-7-9-24(30)10-8-21/h3-16H,18H2,1-2H3,(H,33,35)/b23-16-. The van der Waals surface area contributed by atoms with E-state index < -0.39 is 11.7 Å². The first kappa shape index (κ1) is 24.8. The van der Waals surface area contributed by atoms with Gasteiger partial charge in [0.1, 0.15) is 29.8 Å². The van der Waals surface area contributed by atoms with Crippen LogP contribution in [-0.4, -0.2) is 10.5 Å². The van der Waals surface area contributed by atoms with Crippen molar-refractivity contribution in [3.63, 3.8) is 0 Å². The summed E-state index contributed by atoms with van der Waals surface area (Å²) in [5.74, 6) is -0.510. The Morgan fingerprint density at radius 3 is 2.44 bits per heavy atom. The molecule has 0 fully saturated rings. The molecule has 0 aliphatic carbocycles. The molecular weight excluding hydrogens is 477 g/mol. The highest BCUT2D eigenvalue weighted by molar-refractivity contribution is 6.30. The van der Waals surface area contributed by atoms with Crippen LogP contribution in [0.15, 0.2) is 84.4 Å². The molecule has 5 nitrogen and oxygen atoms in total. The molecule has 1 heterocycles. The highest BCUT2D eigenvalue weighted by Gasteiger charge is 2.15. The van der Waals surface area contributed by atoms with Gasteiger partial charge in [0.05, 0.1) is 5.69 Å². The Hall–Kier alpha value is -4.34. The fourth-order valence-corrected chi connectivity index (χ4v) is 3.95. The number of nitrogens with zero attached hydrogens (tertiary/aromatic N) is 2. The van der Waals surface area contributed by atoms with Crippen LogP contribution in [0.5, 0.6) is 5.75 Å². The summed E-state index contributed by atoms with van der Waals surface area (Å²) >= 11 is 5.93. The summed E-state index contributed by atoms with van der Waals surface area (Å²) < 4.78 is 21.8. The topological polar surface area (TPSA) is 67.0 Å². The lowest BCUT2D eigenvalue weighted by atomic mass is 10.1. The Bertz CT molecular complexity index is 1470. The van der Waals surface area contributed by atoms with Gasteiger partial charge in [0.25, 0.3) is 5.91 Å². The van der Waals surface area contributed by atoms with Crippen LogP contribution in [0.4, 0.5) is 10.1 Å². The predicted molar refractivity (Wildman–Crippen MR) is 140 cm³/mol. The summed E-state index contributed by atoms with van der Waals surface area (Å²) in [6, 6.07) is 24.8. The second-order valence-corrected chi connectivity index (χ2v) is 8.61. The summed E-state index contributed by atoms with van der Waals surface area (Å²) in [6.07, 6.45) is 1.51. The first-order chi connectivity index (χ1) is 17.4. The summed E-state index contributed by atoms with van der Waals surface area (Å²) in [6.45, 7) is 4.28. The van der Waals surface area contributed by atoms with E-state index in [0.29, 0.717) is 11.6 Å². The van der Waals surface area contributed by atoms with Crippen LogP contribution >= 0.6 is 11.6 Å². The maximum Gasteiger partial charge on any atom is 0.266 e. The third kappa shape index (κ3) is 5.65. The molecule has 0 unspecified atom stereocenters. The molecule has 0 aliphatic rings. The van der Waals surface area contributed by atoms with Crippen LogP contribution in [0.1, 0.15) is 22.5 Å². The number of carbonyl (C=O) groups excluding carboxylic acids is 1. The molecule has 180 valence electrons. The van der Waals surface area contributed by atoms with Gasteiger partial charge in [-0.3, -0.25) is 4.79 Å². The number of aryl methyl sites for hydroxylation is 1. The average molecular weight is 500 g/mol. The molecule has 3 aromatic carbocycles. The van der Waals surface area contributed by atoms with Gasteiger partial charge in [0.2, 0.25) is 0 Å². The minimum Gasteiger partial charge on any atom is -0.489 e. The lowest BCUT2D eigenvalue weighted by Crippen LogP contribution is -2.14. The molecule has 0 saturated carbocycles. The molecule has 0 spiro atoms. The van der Waals surface area contributed by atoms with Crippen LogP contribution in [0, 0.1) is 31.0 Å². The number of hydrogen-bond acceptors (Lipinski definition) is 3. The summed E-state index contributed by atoms with van der Waals surface area (Å²) in [5, 5.41) is 12.7. The van der Waals surface area contributed by atoms with Gasteiger partial charge in [0, 0.05) is 22.1 Å². The van der Waals surface area contributed by atoms with Crippen molar-refractivity contribution in [3.05, 3.63) is 118 Å². The summed E-state index contributed by atoms with van der Waals surface area (Å²) in [5.41, 5.74) is 4.34. The molecule has 0 aliphatic heterocycles. The maximum absolute atomic E-state index is 13.9. The lowest BCUT2D eigenvalue weighted by Gasteiger charge is -2.12. The quantitative estimate of drug-likeness (QED) is 0.219. The number of para-hydroxylation sites is 1. The van der Waals surface area contributed by atoms with Crippen LogP contribution in [0.2, 0.25) is 5.02 Å². The number of amides is 1. The van der Waals surface area contributed by atoms with Crippen LogP contribution in [-0.2, 0) is 11.4 Å². The Balaban J connectivity index is 1.51. The molecule has 4 aromatic rings. The molecular formula is C29H23ClFN3O2. The number of halogens is 2. The molecule has 36 heavy (non-hydrogen) atoms. The van der Waals surface area contributed by atoms with E-state index in [9.17, 15) is 14.4 Å². The average Bonchev–Trinajstić information content (AvgIpc) is 3.16. The second-order valence-electron chi connectivity index (χ2n) is 8.17. The molecule has 0 saturated heterocycles. The predicted octanol–water partition coefficient (Wildman–Crippen LogP) is 7.01. The number of hydrogen-bond donors (Lipinski definition) is 1. The van der Waals surface area contributed by atoms with Crippen molar-refractivity contribution in [3.8, 4) is 17.5 Å². The number of carbonyl (C=O) groups is 1. The SMILES string of the molecule is Cc1cc(/C=C(/C#N)C(=O)Nc2ccccc2F)c(C)n1-c1ccc(OCc2ccc(Cl)cc2)cc1. The highest BCUT2D eigenvalue weighted by Crippen LogP contribution is 2.25. The molecule has 0 atom stereocenters. The first-order valence-corrected chi connectivity index (χ1v) is 11.6. The number of rotatable bonds is 7. The van der Waals surface area contributed by atoms with Gasteiger partial charge in [-0.1, -0.05) is 35.9 Å². The lowest BCUT2D eigenvalue weighted by molar-refractivity contribution is -0.112. The number of nitrogens with one attached hydrogen (secondary N) is 1. The monoisotopic (exact) mass is 499 g/mol. The normalized spacial score (nSPS) is 11.1. The van der Waals surface area contributed by atoms with E-state index in [0.717, 1.165) is 34.0 Å². The molecule has 4 rings (SSSR count). The van der Waals surface area contributed by atoms with Crippen molar-refractivity contribution in [2.75, 3.05) is 5.32 Å². The molecule has 1 amide bonds. The molecule has 1 N–H and O–H groups in total. The van der Waals surface area contributed by atoms with E-state index in [2.05, 4.69) is 5.32 Å². The van der Waals surface area contributed by atoms with Gasteiger partial charge < -0.3 is 14.6 Å². The van der Waals surface area contributed by atoms with Gasteiger partial charge in [-0.25, -0.2) is 4.39 Å². The fourth-order valence-electron chi connectivity index (χ4n) is 3.83. The zero-order chi connectivity index (χ0) is 25.7. The van der Waals surface area contributed by atoms with Crippen molar-refractivity contribution in [1.82, 2.24) is 4.57 Å². The van der Waals surface area contributed by atoms with Crippen molar-refractivity contribution < 1.29 is 13.9 Å². The smallest absolute Gasteiger partial charge is 0.266 e. The van der Waals surface area contributed by atoms with E-state index in [-0.39, 0.29) is 11.3 Å². The maximum atomic E-state index is 13.9. The number of anilines is 1. The zero-order valence-electron chi connectivity index (χ0n) is 19.8. The molecule has 0 bridgehead atoms. The Morgan fingerprint density at radius 1 is 1.08 bits per heavy atom. The Morgan fingerprint density at radius 2 is 1.78 bits per heavy atom. The minimum absolute atomic E-state index is 0.0208. The molecule has 7 heteroatoms. The van der Waals surface area contributed by atoms with Crippen molar-refractivity contribution in [2.24, 2.45) is 0 Å². The van der Waals surface area contributed by atoms with Gasteiger partial charge in [-0.2, -0.15) is 5.26 Å². The van der Waals surface area contributed by atoms with E-state index in [1.807, 2.05) is 79.1 Å². The number of ether oxygens (including phenoxy) is 1. The van der Waals surface area contributed by atoms with Crippen LogP contribution < -0.4 is 10.1 Å². The van der Waals surface area contributed by atoms with E-state index in [1.54, 1.807) is 6.07 Å². The highest BCUT2D eigenvalue weighted by atomic mass is 35.5. The van der Waals surface area contributed by atoms with Crippen molar-refractivity contribution >= 4 is 29.3 Å². The molecule has 0 radical (unpaired) electrons. The zero-order valence-corrected chi connectivity index (χ0v) is 20.5. The molecule has 1 aromatic heterocycles. The number of aromatic nitrogens is 1. The van der Waals surface area contributed by atoms with Gasteiger partial charge >= 0.3 is 0 Å². The fraction of sp³-hybridized carbons (Fsp3) is 0.103. The van der Waals surface area contributed by atoms with E-state index >= 15 is 0 Å². The second kappa shape index (κ2) is 10.9. The van der Waals surface area contributed by atoms with Gasteiger partial charge in [0.15, 0.2) is 0 Å². The minimum atomic E-state index is -0.672. The number of nitriles is 1. The van der Waals surface area contributed by atoms with E-state index in [4.69, 9.17) is 16.3 Å². The van der Waals surface area contributed by atoms with Crippen molar-refractivity contribution in [2.45, 2.75) is 20.5 Å². The largest absolute Gasteiger partial charge is 0.489 e. The van der Waals surface area contributed by atoms with Gasteiger partial charge in [-0.15, -0.1) is 0 Å².